The summed E-state index contributed by atoms with van der Waals surface area (Å²) < 4.78 is 0. The van der Waals surface area contributed by atoms with Gasteiger partial charge < -0.3 is 10.0 Å². The lowest BCUT2D eigenvalue weighted by Gasteiger charge is -2.26. The maximum absolute atomic E-state index is 11.0. The molecule has 0 saturated carbocycles. The third-order valence-electron chi connectivity index (χ3n) is 3.67. The highest BCUT2D eigenvalue weighted by atomic mass is 32.1. The Morgan fingerprint density at radius 2 is 2.17 bits per heavy atom. The van der Waals surface area contributed by atoms with Gasteiger partial charge >= 0.3 is 5.97 Å². The molecule has 0 aromatic carbocycles. The number of hydrogen-bond donors (Lipinski definition) is 1. The monoisotopic (exact) mass is 268 g/mol. The molecule has 100 valence electrons. The number of thiazole rings is 1. The van der Waals surface area contributed by atoms with Crippen molar-refractivity contribution in [3.8, 4) is 0 Å². The topological polar surface area (TPSA) is 53.4 Å². The SMILES string of the molecule is Cc1sc(N2CCC(C(C)(C)C)C2)nc1C(=O)O. The van der Waals surface area contributed by atoms with Crippen molar-refractivity contribution < 1.29 is 9.90 Å². The van der Waals surface area contributed by atoms with Gasteiger partial charge in [0, 0.05) is 18.0 Å². The van der Waals surface area contributed by atoms with Crippen LogP contribution in [-0.4, -0.2) is 29.1 Å². The second-order valence-corrected chi connectivity index (χ2v) is 7.19. The average molecular weight is 268 g/mol. The fourth-order valence-corrected chi connectivity index (χ4v) is 3.29. The summed E-state index contributed by atoms with van der Waals surface area (Å²) >= 11 is 1.49. The van der Waals surface area contributed by atoms with Crippen LogP contribution >= 0.6 is 11.3 Å². The minimum Gasteiger partial charge on any atom is -0.476 e. The van der Waals surface area contributed by atoms with Crippen molar-refractivity contribution in [2.75, 3.05) is 18.0 Å². The van der Waals surface area contributed by atoms with Gasteiger partial charge in [0.25, 0.3) is 0 Å². The lowest BCUT2D eigenvalue weighted by molar-refractivity contribution is 0.0690. The minimum absolute atomic E-state index is 0.203. The van der Waals surface area contributed by atoms with E-state index < -0.39 is 5.97 Å². The Bertz CT molecular complexity index is 462. The van der Waals surface area contributed by atoms with Crippen LogP contribution in [0.2, 0.25) is 0 Å². The second kappa shape index (κ2) is 4.53. The number of nitrogens with zero attached hydrogens (tertiary/aromatic N) is 2. The van der Waals surface area contributed by atoms with Crippen molar-refractivity contribution in [1.82, 2.24) is 4.98 Å². The Labute approximate surface area is 112 Å². The molecule has 0 amide bonds. The summed E-state index contributed by atoms with van der Waals surface area (Å²) in [6.45, 7) is 10.6. The first kappa shape index (κ1) is 13.3. The van der Waals surface area contributed by atoms with Crippen LogP contribution < -0.4 is 4.90 Å². The van der Waals surface area contributed by atoms with Gasteiger partial charge in [-0.3, -0.25) is 0 Å². The standard InChI is InChI=1S/C13H20N2O2S/c1-8-10(11(16)17)14-12(18-8)15-6-5-9(7-15)13(2,3)4/h9H,5-7H2,1-4H3,(H,16,17). The first-order valence-corrected chi connectivity index (χ1v) is 7.06. The minimum atomic E-state index is -0.929. The zero-order valence-corrected chi connectivity index (χ0v) is 12.2. The summed E-state index contributed by atoms with van der Waals surface area (Å²) in [6.07, 6.45) is 1.16. The highest BCUT2D eigenvalue weighted by Crippen LogP contribution is 2.37. The van der Waals surface area contributed by atoms with Crippen molar-refractivity contribution in [2.24, 2.45) is 11.3 Å². The molecule has 0 spiro atoms. The number of aryl methyl sites for hydroxylation is 1. The van der Waals surface area contributed by atoms with Crippen molar-refractivity contribution in [3.63, 3.8) is 0 Å². The molecule has 0 bridgehead atoms. The predicted octanol–water partition coefficient (Wildman–Crippen LogP) is 3.02. The van der Waals surface area contributed by atoms with Gasteiger partial charge in [-0.2, -0.15) is 0 Å². The van der Waals surface area contributed by atoms with E-state index in [2.05, 4.69) is 30.7 Å². The fraction of sp³-hybridized carbons (Fsp3) is 0.692. The van der Waals surface area contributed by atoms with E-state index in [4.69, 9.17) is 5.11 Å². The lowest BCUT2D eigenvalue weighted by Crippen LogP contribution is -2.25. The zero-order chi connectivity index (χ0) is 13.5. The Morgan fingerprint density at radius 3 is 2.61 bits per heavy atom. The van der Waals surface area contributed by atoms with Gasteiger partial charge in [-0.25, -0.2) is 9.78 Å². The van der Waals surface area contributed by atoms with Crippen LogP contribution in [0.3, 0.4) is 0 Å². The summed E-state index contributed by atoms with van der Waals surface area (Å²) in [6, 6.07) is 0. The van der Waals surface area contributed by atoms with E-state index in [9.17, 15) is 4.79 Å². The molecule has 2 rings (SSSR count). The van der Waals surface area contributed by atoms with E-state index in [1.165, 1.54) is 11.3 Å². The number of hydrogen-bond acceptors (Lipinski definition) is 4. The number of rotatable bonds is 2. The predicted molar refractivity (Wildman–Crippen MR) is 73.6 cm³/mol. The van der Waals surface area contributed by atoms with E-state index in [1.54, 1.807) is 0 Å². The summed E-state index contributed by atoms with van der Waals surface area (Å²) in [4.78, 5) is 18.3. The molecule has 1 aromatic rings. The largest absolute Gasteiger partial charge is 0.476 e. The van der Waals surface area contributed by atoms with Gasteiger partial charge in [0.2, 0.25) is 0 Å². The molecule has 1 saturated heterocycles. The van der Waals surface area contributed by atoms with Gasteiger partial charge in [-0.15, -0.1) is 11.3 Å². The van der Waals surface area contributed by atoms with Crippen LogP contribution in [0.15, 0.2) is 0 Å². The van der Waals surface area contributed by atoms with Gasteiger partial charge in [-0.1, -0.05) is 20.8 Å². The zero-order valence-electron chi connectivity index (χ0n) is 11.4. The van der Waals surface area contributed by atoms with E-state index >= 15 is 0 Å². The van der Waals surface area contributed by atoms with Gasteiger partial charge in [-0.05, 0) is 24.7 Å². The summed E-state index contributed by atoms with van der Waals surface area (Å²) in [5.41, 5.74) is 0.505. The first-order valence-electron chi connectivity index (χ1n) is 6.24. The number of carboxylic acids is 1. The van der Waals surface area contributed by atoms with Crippen LogP contribution in [0.4, 0.5) is 5.13 Å². The smallest absolute Gasteiger partial charge is 0.355 e. The molecule has 1 aliphatic heterocycles. The molecule has 2 heterocycles. The quantitative estimate of drug-likeness (QED) is 0.895. The van der Waals surface area contributed by atoms with Crippen LogP contribution in [0.1, 0.15) is 42.6 Å². The molecule has 1 unspecified atom stereocenters. The number of anilines is 1. The molecule has 1 atom stereocenters. The number of aromatic carboxylic acids is 1. The molecule has 1 N–H and O–H groups in total. The second-order valence-electron chi connectivity index (χ2n) is 6.00. The van der Waals surface area contributed by atoms with Gasteiger partial charge in [0.1, 0.15) is 0 Å². The molecule has 5 heteroatoms. The summed E-state index contributed by atoms with van der Waals surface area (Å²) in [5, 5.41) is 9.89. The van der Waals surface area contributed by atoms with Crippen LogP contribution in [0.25, 0.3) is 0 Å². The van der Waals surface area contributed by atoms with E-state index in [0.717, 1.165) is 29.5 Å². The van der Waals surface area contributed by atoms with Crippen LogP contribution in [-0.2, 0) is 0 Å². The van der Waals surface area contributed by atoms with E-state index in [1.807, 2.05) is 6.92 Å². The normalized spacial score (nSPS) is 20.4. The Hall–Kier alpha value is -1.10. The van der Waals surface area contributed by atoms with E-state index in [0.29, 0.717) is 11.3 Å². The van der Waals surface area contributed by atoms with Crippen molar-refractivity contribution in [3.05, 3.63) is 10.6 Å². The Kier molecular flexibility index (Phi) is 3.36. The highest BCUT2D eigenvalue weighted by Gasteiger charge is 2.33. The molecular formula is C13H20N2O2S. The number of carboxylic acid groups (broad SMARTS) is 1. The number of aromatic nitrogens is 1. The Morgan fingerprint density at radius 1 is 1.50 bits per heavy atom. The van der Waals surface area contributed by atoms with Crippen LogP contribution in [0.5, 0.6) is 0 Å². The molecule has 1 aliphatic rings. The molecular weight excluding hydrogens is 248 g/mol. The lowest BCUT2D eigenvalue weighted by atomic mass is 9.80. The molecule has 1 aromatic heterocycles. The summed E-state index contributed by atoms with van der Waals surface area (Å²) in [5.74, 6) is -0.281. The van der Waals surface area contributed by atoms with Crippen LogP contribution in [0, 0.1) is 18.3 Å². The molecule has 18 heavy (non-hydrogen) atoms. The number of carbonyl (C=O) groups is 1. The van der Waals surface area contributed by atoms with Gasteiger partial charge in [0.05, 0.1) is 0 Å². The first-order chi connectivity index (χ1) is 8.29. The molecule has 1 fully saturated rings. The molecule has 0 aliphatic carbocycles. The third-order valence-corrected chi connectivity index (χ3v) is 4.70. The maximum atomic E-state index is 11.0. The maximum Gasteiger partial charge on any atom is 0.355 e. The summed E-state index contributed by atoms with van der Waals surface area (Å²) in [7, 11) is 0. The van der Waals surface area contributed by atoms with Gasteiger partial charge in [0.15, 0.2) is 10.8 Å². The highest BCUT2D eigenvalue weighted by molar-refractivity contribution is 7.15. The Balaban J connectivity index is 2.15. The average Bonchev–Trinajstić information content (AvgIpc) is 2.81. The van der Waals surface area contributed by atoms with E-state index in [-0.39, 0.29) is 5.69 Å². The van der Waals surface area contributed by atoms with Crippen molar-refractivity contribution in [1.29, 1.82) is 0 Å². The molecule has 4 nitrogen and oxygen atoms in total. The molecule has 0 radical (unpaired) electrons. The van der Waals surface area contributed by atoms with Crippen molar-refractivity contribution >= 4 is 22.4 Å². The third kappa shape index (κ3) is 2.51. The van der Waals surface area contributed by atoms with Crippen molar-refractivity contribution in [2.45, 2.75) is 34.1 Å². The fourth-order valence-electron chi connectivity index (χ4n) is 2.36.